The number of hydrogen-bond acceptors (Lipinski definition) is 4. The van der Waals surface area contributed by atoms with Crippen molar-refractivity contribution in [1.29, 1.82) is 0 Å². The summed E-state index contributed by atoms with van der Waals surface area (Å²) in [6, 6.07) is 3.86. The Labute approximate surface area is 127 Å². The molecule has 0 saturated heterocycles. The van der Waals surface area contributed by atoms with E-state index < -0.39 is 0 Å². The highest BCUT2D eigenvalue weighted by molar-refractivity contribution is 9.10. The molecule has 0 aromatic heterocycles. The number of fused-ring (bicyclic) bond motifs is 1. The number of amides is 1. The largest absolute Gasteiger partial charge is 0.454 e. The van der Waals surface area contributed by atoms with E-state index in [2.05, 4.69) is 26.6 Å². The number of carbonyl (C=O) groups excluding carboxylic acids is 1. The lowest BCUT2D eigenvalue weighted by atomic mass is 10.2. The van der Waals surface area contributed by atoms with Gasteiger partial charge in [-0.05, 0) is 24.1 Å². The summed E-state index contributed by atoms with van der Waals surface area (Å²) >= 11 is 3.51. The van der Waals surface area contributed by atoms with Gasteiger partial charge in [-0.2, -0.15) is 0 Å². The molecule has 5 nitrogen and oxygen atoms in total. The summed E-state index contributed by atoms with van der Waals surface area (Å²) in [7, 11) is 0. The summed E-state index contributed by atoms with van der Waals surface area (Å²) < 4.78 is 11.6. The van der Waals surface area contributed by atoms with Gasteiger partial charge in [-0.3, -0.25) is 4.79 Å². The van der Waals surface area contributed by atoms with Gasteiger partial charge in [-0.1, -0.05) is 22.9 Å². The molecule has 0 spiro atoms. The summed E-state index contributed by atoms with van der Waals surface area (Å²) in [5, 5.41) is 6.11. The fourth-order valence-electron chi connectivity index (χ4n) is 1.87. The van der Waals surface area contributed by atoms with Crippen molar-refractivity contribution in [2.75, 3.05) is 19.9 Å². The quantitative estimate of drug-likeness (QED) is 0.745. The van der Waals surface area contributed by atoms with E-state index in [0.29, 0.717) is 19.5 Å². The van der Waals surface area contributed by atoms with E-state index in [1.807, 2.05) is 19.1 Å². The maximum atomic E-state index is 11.4. The molecule has 0 atom stereocenters. The molecular formula is C14H19BrN2O3. The van der Waals surface area contributed by atoms with E-state index in [-0.39, 0.29) is 12.7 Å². The lowest BCUT2D eigenvalue weighted by Crippen LogP contribution is -2.28. The van der Waals surface area contributed by atoms with Gasteiger partial charge >= 0.3 is 0 Å². The van der Waals surface area contributed by atoms with Crippen LogP contribution in [0.25, 0.3) is 0 Å². The molecule has 0 unspecified atom stereocenters. The first-order chi connectivity index (χ1) is 9.70. The SMILES string of the molecule is CCCNC(=O)CCNCc1cc2c(cc1Br)OCO2. The average Bonchev–Trinajstić information content (AvgIpc) is 2.88. The smallest absolute Gasteiger partial charge is 0.231 e. The summed E-state index contributed by atoms with van der Waals surface area (Å²) in [5.41, 5.74) is 1.09. The number of ether oxygens (including phenoxy) is 2. The third-order valence-electron chi connectivity index (χ3n) is 2.96. The molecular weight excluding hydrogens is 324 g/mol. The Morgan fingerprint density at radius 3 is 2.80 bits per heavy atom. The van der Waals surface area contributed by atoms with Crippen LogP contribution in [0.1, 0.15) is 25.3 Å². The van der Waals surface area contributed by atoms with Gasteiger partial charge in [0.15, 0.2) is 11.5 Å². The minimum atomic E-state index is 0.0871. The van der Waals surface area contributed by atoms with E-state index >= 15 is 0 Å². The van der Waals surface area contributed by atoms with Crippen molar-refractivity contribution in [2.24, 2.45) is 0 Å². The molecule has 20 heavy (non-hydrogen) atoms. The first kappa shape index (κ1) is 15.1. The van der Waals surface area contributed by atoms with E-state index in [4.69, 9.17) is 9.47 Å². The summed E-state index contributed by atoms with van der Waals surface area (Å²) in [5.74, 6) is 1.62. The van der Waals surface area contributed by atoms with Crippen LogP contribution in [-0.2, 0) is 11.3 Å². The molecule has 1 aliphatic rings. The van der Waals surface area contributed by atoms with Crippen LogP contribution in [0.3, 0.4) is 0 Å². The second kappa shape index (κ2) is 7.50. The van der Waals surface area contributed by atoms with E-state index in [1.54, 1.807) is 0 Å². The first-order valence-corrected chi connectivity index (χ1v) is 7.55. The van der Waals surface area contributed by atoms with Gasteiger partial charge in [0.1, 0.15) is 0 Å². The second-order valence-electron chi connectivity index (χ2n) is 4.57. The Kier molecular flexibility index (Phi) is 5.67. The standard InChI is InChI=1S/C14H19BrN2O3/c1-2-4-17-14(18)3-5-16-8-10-6-12-13(7-11(10)15)20-9-19-12/h6-7,16H,2-5,8-9H2,1H3,(H,17,18). The van der Waals surface area contributed by atoms with Crippen molar-refractivity contribution in [3.05, 3.63) is 22.2 Å². The van der Waals surface area contributed by atoms with Crippen LogP contribution in [0.15, 0.2) is 16.6 Å². The lowest BCUT2D eigenvalue weighted by Gasteiger charge is -2.08. The van der Waals surface area contributed by atoms with Crippen LogP contribution in [0.4, 0.5) is 0 Å². The Hall–Kier alpha value is -1.27. The molecule has 0 bridgehead atoms. The molecule has 1 aliphatic heterocycles. The van der Waals surface area contributed by atoms with E-state index in [0.717, 1.165) is 34.5 Å². The molecule has 1 heterocycles. The minimum absolute atomic E-state index is 0.0871. The fourth-order valence-corrected chi connectivity index (χ4v) is 2.34. The zero-order valence-corrected chi connectivity index (χ0v) is 13.1. The molecule has 0 fully saturated rings. The number of nitrogens with one attached hydrogen (secondary N) is 2. The van der Waals surface area contributed by atoms with Crippen molar-refractivity contribution in [1.82, 2.24) is 10.6 Å². The average molecular weight is 343 g/mol. The minimum Gasteiger partial charge on any atom is -0.454 e. The molecule has 110 valence electrons. The molecule has 0 saturated carbocycles. The molecule has 1 aromatic rings. The number of benzene rings is 1. The predicted molar refractivity (Wildman–Crippen MR) is 79.9 cm³/mol. The van der Waals surface area contributed by atoms with Crippen LogP contribution in [0, 0.1) is 0 Å². The zero-order valence-electron chi connectivity index (χ0n) is 11.5. The van der Waals surface area contributed by atoms with Crippen molar-refractivity contribution in [2.45, 2.75) is 26.3 Å². The lowest BCUT2D eigenvalue weighted by molar-refractivity contribution is -0.120. The van der Waals surface area contributed by atoms with Crippen molar-refractivity contribution >= 4 is 21.8 Å². The second-order valence-corrected chi connectivity index (χ2v) is 5.43. The molecule has 2 N–H and O–H groups in total. The number of carbonyl (C=O) groups is 1. The van der Waals surface area contributed by atoms with Crippen LogP contribution in [-0.4, -0.2) is 25.8 Å². The molecule has 0 radical (unpaired) electrons. The van der Waals surface area contributed by atoms with Gasteiger partial charge in [0.25, 0.3) is 0 Å². The van der Waals surface area contributed by atoms with Crippen molar-refractivity contribution < 1.29 is 14.3 Å². The highest BCUT2D eigenvalue weighted by Gasteiger charge is 2.15. The predicted octanol–water partition coefficient (Wildman–Crippen LogP) is 2.18. The van der Waals surface area contributed by atoms with Gasteiger partial charge in [-0.15, -0.1) is 0 Å². The van der Waals surface area contributed by atoms with Crippen molar-refractivity contribution in [3.8, 4) is 11.5 Å². The van der Waals surface area contributed by atoms with Crippen LogP contribution in [0.2, 0.25) is 0 Å². The zero-order chi connectivity index (χ0) is 14.4. The van der Waals surface area contributed by atoms with E-state index in [9.17, 15) is 4.79 Å². The van der Waals surface area contributed by atoms with Gasteiger partial charge < -0.3 is 20.1 Å². The fraction of sp³-hybridized carbons (Fsp3) is 0.500. The van der Waals surface area contributed by atoms with E-state index in [1.165, 1.54) is 0 Å². The van der Waals surface area contributed by atoms with Gasteiger partial charge in [0, 0.05) is 30.5 Å². The molecule has 1 amide bonds. The summed E-state index contributed by atoms with van der Waals surface area (Å²) in [6.45, 7) is 4.38. The van der Waals surface area contributed by atoms with Gasteiger partial charge in [0.2, 0.25) is 12.7 Å². The monoisotopic (exact) mass is 342 g/mol. The number of rotatable bonds is 7. The van der Waals surface area contributed by atoms with Gasteiger partial charge in [-0.25, -0.2) is 0 Å². The highest BCUT2D eigenvalue weighted by Crippen LogP contribution is 2.36. The van der Waals surface area contributed by atoms with Crippen LogP contribution >= 0.6 is 15.9 Å². The topological polar surface area (TPSA) is 59.6 Å². The maximum Gasteiger partial charge on any atom is 0.231 e. The van der Waals surface area contributed by atoms with Crippen LogP contribution in [0.5, 0.6) is 11.5 Å². The molecule has 6 heteroatoms. The third kappa shape index (κ3) is 4.11. The molecule has 0 aliphatic carbocycles. The Morgan fingerprint density at radius 1 is 1.30 bits per heavy atom. The first-order valence-electron chi connectivity index (χ1n) is 6.76. The van der Waals surface area contributed by atoms with Gasteiger partial charge in [0.05, 0.1) is 0 Å². The molecule has 1 aromatic carbocycles. The Balaban J connectivity index is 1.76. The number of hydrogen-bond donors (Lipinski definition) is 2. The van der Waals surface area contributed by atoms with Crippen LogP contribution < -0.4 is 20.1 Å². The molecule has 2 rings (SSSR count). The number of halogens is 1. The normalized spacial score (nSPS) is 12.5. The third-order valence-corrected chi connectivity index (χ3v) is 3.70. The highest BCUT2D eigenvalue weighted by atomic mass is 79.9. The maximum absolute atomic E-state index is 11.4. The summed E-state index contributed by atoms with van der Waals surface area (Å²) in [6.07, 6.45) is 1.45. The van der Waals surface area contributed by atoms with Crippen molar-refractivity contribution in [3.63, 3.8) is 0 Å². The summed E-state index contributed by atoms with van der Waals surface area (Å²) in [4.78, 5) is 11.4. The Bertz CT molecular complexity index is 480. The Morgan fingerprint density at radius 2 is 2.05 bits per heavy atom.